The van der Waals surface area contributed by atoms with Gasteiger partial charge in [0.2, 0.25) is 0 Å². The Kier molecular flexibility index (Phi) is 5.20. The molecule has 0 aliphatic carbocycles. The molecular formula is C18H24F2N2Si2. The topological polar surface area (TPSA) is 24.7 Å². The Labute approximate surface area is 145 Å². The van der Waals surface area contributed by atoms with Gasteiger partial charge in [0.15, 0.2) is 0 Å². The van der Waals surface area contributed by atoms with Crippen molar-refractivity contribution in [2.45, 2.75) is 40.0 Å². The largest absolute Gasteiger partial charge is 0.308 e. The molecule has 0 fully saturated rings. The molecular weight excluding hydrogens is 338 g/mol. The van der Waals surface area contributed by atoms with Crippen molar-refractivity contribution < 1.29 is 8.22 Å². The number of hydrogen-bond donors (Lipinski definition) is 0. The van der Waals surface area contributed by atoms with Crippen molar-refractivity contribution in [2.75, 3.05) is 0 Å². The summed E-state index contributed by atoms with van der Waals surface area (Å²) in [6.07, 6.45) is 0. The normalized spacial score (nSPS) is 12.8. The zero-order chi connectivity index (χ0) is 18.1. The summed E-state index contributed by atoms with van der Waals surface area (Å²) in [5, 5.41) is 9.77. The third-order valence-corrected chi connectivity index (χ3v) is 7.21. The lowest BCUT2D eigenvalue weighted by Gasteiger charge is -2.16. The molecule has 2 rings (SSSR count). The molecule has 0 spiro atoms. The fraction of sp³-hybridized carbons (Fsp3) is 0.333. The van der Waals surface area contributed by atoms with E-state index in [-0.39, 0.29) is 0 Å². The van der Waals surface area contributed by atoms with Gasteiger partial charge >= 0.3 is 0 Å². The molecule has 2 aromatic rings. The van der Waals surface area contributed by atoms with Gasteiger partial charge in [0.1, 0.15) is 0 Å². The van der Waals surface area contributed by atoms with Crippen molar-refractivity contribution in [1.82, 2.24) is 0 Å². The minimum Gasteiger partial charge on any atom is -0.308 e. The van der Waals surface area contributed by atoms with Gasteiger partial charge in [-0.25, -0.2) is 0 Å². The zero-order valence-corrected chi connectivity index (χ0v) is 17.1. The van der Waals surface area contributed by atoms with Gasteiger partial charge in [-0.1, -0.05) is 35.4 Å². The highest BCUT2D eigenvalue weighted by molar-refractivity contribution is 6.85. The number of azo groups is 1. The molecule has 0 heterocycles. The molecule has 0 bridgehead atoms. The van der Waals surface area contributed by atoms with Crippen LogP contribution in [-0.4, -0.2) is 16.8 Å². The molecule has 0 atom stereocenters. The average Bonchev–Trinajstić information content (AvgIpc) is 2.45. The fourth-order valence-electron chi connectivity index (χ4n) is 2.53. The molecule has 0 aliphatic rings. The molecule has 0 N–H and O–H groups in total. The Morgan fingerprint density at radius 3 is 1.29 bits per heavy atom. The number of nitrogens with zero attached hydrogens (tertiary/aromatic N) is 2. The first-order valence-electron chi connectivity index (χ1n) is 8.00. The van der Waals surface area contributed by atoms with Crippen LogP contribution in [0.5, 0.6) is 0 Å². The van der Waals surface area contributed by atoms with E-state index in [0.29, 0.717) is 21.7 Å². The summed E-state index contributed by atoms with van der Waals surface area (Å²) < 4.78 is 29.2. The molecule has 0 unspecified atom stereocenters. The maximum Gasteiger partial charge on any atom is 0.273 e. The van der Waals surface area contributed by atoms with Crippen molar-refractivity contribution in [1.29, 1.82) is 0 Å². The summed E-state index contributed by atoms with van der Waals surface area (Å²) >= 11 is 0. The van der Waals surface area contributed by atoms with E-state index in [1.807, 2.05) is 38.1 Å². The van der Waals surface area contributed by atoms with Crippen LogP contribution in [0.15, 0.2) is 46.6 Å². The lowest BCUT2D eigenvalue weighted by molar-refractivity contribution is 0.820. The van der Waals surface area contributed by atoms with Crippen LogP contribution in [0.2, 0.25) is 26.2 Å². The second kappa shape index (κ2) is 6.68. The molecule has 0 aromatic heterocycles. The van der Waals surface area contributed by atoms with Crippen LogP contribution in [0.1, 0.15) is 11.1 Å². The molecule has 128 valence electrons. The van der Waals surface area contributed by atoms with Gasteiger partial charge in [0.25, 0.3) is 16.8 Å². The SMILES string of the molecule is Cc1ccc(N=Nc2ccc(C)cc2[Si](C)(C)F)c([Si](C)(C)F)c1. The quantitative estimate of drug-likeness (QED) is 0.391. The highest BCUT2D eigenvalue weighted by Gasteiger charge is 2.28. The highest BCUT2D eigenvalue weighted by atomic mass is 28.4. The van der Waals surface area contributed by atoms with Gasteiger partial charge in [0, 0.05) is 0 Å². The van der Waals surface area contributed by atoms with E-state index < -0.39 is 16.8 Å². The summed E-state index contributed by atoms with van der Waals surface area (Å²) in [7, 11) is -6.05. The van der Waals surface area contributed by atoms with Crippen molar-refractivity contribution >= 4 is 38.6 Å². The van der Waals surface area contributed by atoms with Crippen LogP contribution in [0.25, 0.3) is 0 Å². The van der Waals surface area contributed by atoms with Crippen LogP contribution >= 0.6 is 0 Å². The maximum atomic E-state index is 14.6. The molecule has 6 heteroatoms. The second-order valence-corrected chi connectivity index (χ2v) is 14.2. The Balaban J connectivity index is 2.50. The third kappa shape index (κ3) is 4.45. The Hall–Kier alpha value is -1.67. The minimum absolute atomic E-state index is 0.532. The van der Waals surface area contributed by atoms with Crippen LogP contribution < -0.4 is 10.4 Å². The molecule has 0 amide bonds. The summed E-state index contributed by atoms with van der Waals surface area (Å²) in [6.45, 7) is 10.4. The molecule has 0 saturated heterocycles. The van der Waals surface area contributed by atoms with Crippen molar-refractivity contribution in [3.63, 3.8) is 0 Å². The van der Waals surface area contributed by atoms with E-state index in [9.17, 15) is 8.22 Å². The molecule has 2 aromatic carbocycles. The third-order valence-electron chi connectivity index (χ3n) is 3.85. The van der Waals surface area contributed by atoms with Crippen molar-refractivity contribution in [2.24, 2.45) is 10.2 Å². The number of rotatable bonds is 4. The van der Waals surface area contributed by atoms with Gasteiger partial charge in [-0.3, -0.25) is 0 Å². The standard InChI is InChI=1S/C18H24F2N2Si2/c1-13-7-9-15(17(11-13)23(3,4)19)21-22-16-10-8-14(2)12-18(16)24(5,6)20/h7-12H,1-6H3. The van der Waals surface area contributed by atoms with Gasteiger partial charge < -0.3 is 8.22 Å². The van der Waals surface area contributed by atoms with E-state index in [1.165, 1.54) is 0 Å². The van der Waals surface area contributed by atoms with Crippen LogP contribution in [0, 0.1) is 13.8 Å². The number of benzene rings is 2. The first-order chi connectivity index (χ1) is 11.0. The first-order valence-corrected chi connectivity index (χ1v) is 13.8. The Bertz CT molecular complexity index is 710. The number of hydrogen-bond acceptors (Lipinski definition) is 2. The van der Waals surface area contributed by atoms with Gasteiger partial charge in [-0.05, 0) is 62.5 Å². The second-order valence-electron chi connectivity index (χ2n) is 7.19. The van der Waals surface area contributed by atoms with E-state index in [1.54, 1.807) is 38.3 Å². The summed E-state index contributed by atoms with van der Waals surface area (Å²) in [5.74, 6) is 0. The van der Waals surface area contributed by atoms with Gasteiger partial charge in [0.05, 0.1) is 11.4 Å². The van der Waals surface area contributed by atoms with Crippen molar-refractivity contribution in [3.05, 3.63) is 47.5 Å². The van der Waals surface area contributed by atoms with E-state index in [4.69, 9.17) is 0 Å². The van der Waals surface area contributed by atoms with Crippen molar-refractivity contribution in [3.8, 4) is 0 Å². The zero-order valence-electron chi connectivity index (χ0n) is 15.1. The summed E-state index contributed by atoms with van der Waals surface area (Å²) in [4.78, 5) is 0. The molecule has 0 radical (unpaired) electrons. The Morgan fingerprint density at radius 2 is 1.00 bits per heavy atom. The average molecular weight is 363 g/mol. The molecule has 0 saturated carbocycles. The molecule has 0 aliphatic heterocycles. The minimum atomic E-state index is -3.03. The van der Waals surface area contributed by atoms with E-state index >= 15 is 0 Å². The van der Waals surface area contributed by atoms with Gasteiger partial charge in [-0.2, -0.15) is 10.2 Å². The van der Waals surface area contributed by atoms with Gasteiger partial charge in [-0.15, -0.1) is 0 Å². The molecule has 24 heavy (non-hydrogen) atoms. The Morgan fingerprint density at radius 1 is 0.667 bits per heavy atom. The number of halogens is 2. The van der Waals surface area contributed by atoms with E-state index in [2.05, 4.69) is 10.2 Å². The predicted molar refractivity (Wildman–Crippen MR) is 103 cm³/mol. The first kappa shape index (κ1) is 18.7. The smallest absolute Gasteiger partial charge is 0.273 e. The monoisotopic (exact) mass is 362 g/mol. The molecule has 2 nitrogen and oxygen atoms in total. The predicted octanol–water partition coefficient (Wildman–Crippen LogP) is 5.48. The van der Waals surface area contributed by atoms with E-state index in [0.717, 1.165) is 11.1 Å². The summed E-state index contributed by atoms with van der Waals surface area (Å²) in [5.41, 5.74) is 3.06. The fourth-order valence-corrected chi connectivity index (χ4v) is 5.16. The number of aryl methyl sites for hydroxylation is 2. The van der Waals surface area contributed by atoms with Crippen LogP contribution in [-0.2, 0) is 0 Å². The summed E-state index contributed by atoms with van der Waals surface area (Å²) in [6, 6.07) is 11.0. The highest BCUT2D eigenvalue weighted by Crippen LogP contribution is 2.22. The van der Waals surface area contributed by atoms with Crippen LogP contribution in [0.3, 0.4) is 0 Å². The lowest BCUT2D eigenvalue weighted by Crippen LogP contribution is -2.37. The lowest BCUT2D eigenvalue weighted by atomic mass is 10.2. The van der Waals surface area contributed by atoms with Crippen LogP contribution in [0.4, 0.5) is 19.6 Å². The maximum absolute atomic E-state index is 14.6.